The van der Waals surface area contributed by atoms with Gasteiger partial charge in [0.1, 0.15) is 17.6 Å². The summed E-state index contributed by atoms with van der Waals surface area (Å²) in [7, 11) is 0. The second kappa shape index (κ2) is 17.6. The van der Waals surface area contributed by atoms with E-state index in [-0.39, 0.29) is 47.6 Å². The molecule has 4 aliphatic heterocycles. The molecule has 4 N–H and O–H groups in total. The number of β-amino-alcohol motifs (C(OH)–C–C–N with tert-alkyl or cyclic N) is 1. The van der Waals surface area contributed by atoms with Crippen molar-refractivity contribution in [1.29, 1.82) is 0 Å². The summed E-state index contributed by atoms with van der Waals surface area (Å²) in [5, 5.41) is 20.3. The number of amides is 3. The third-order valence-corrected chi connectivity index (χ3v) is 12.8. The largest absolute Gasteiger partial charge is 0.388 e. The number of hydrogen-bond acceptors (Lipinski definition) is 11. The van der Waals surface area contributed by atoms with E-state index in [0.29, 0.717) is 74.9 Å². The molecule has 1 aromatic heterocycles. The highest BCUT2D eigenvalue weighted by Gasteiger charge is 2.39. The minimum atomic E-state index is -0.877. The molecule has 2 aromatic carbocycles. The summed E-state index contributed by atoms with van der Waals surface area (Å²) in [6.07, 6.45) is 7.45. The van der Waals surface area contributed by atoms with Gasteiger partial charge < -0.3 is 35.2 Å². The zero-order valence-electron chi connectivity index (χ0n) is 32.9. The van der Waals surface area contributed by atoms with Crippen LogP contribution in [0.3, 0.4) is 0 Å². The Labute approximate surface area is 337 Å². The van der Waals surface area contributed by atoms with Gasteiger partial charge in [0, 0.05) is 68.0 Å². The number of imide groups is 1. The quantitative estimate of drug-likeness (QED) is 0.212. The summed E-state index contributed by atoms with van der Waals surface area (Å²) in [5.41, 5.74) is 2.25. The van der Waals surface area contributed by atoms with Gasteiger partial charge in [-0.25, -0.2) is 18.7 Å². The Kier molecular flexibility index (Phi) is 12.2. The molecule has 3 aromatic rings. The number of nitrogens with one attached hydrogen (secondary N) is 3. The first-order valence-corrected chi connectivity index (χ1v) is 20.9. The Balaban J connectivity index is 0.766. The van der Waals surface area contributed by atoms with Gasteiger partial charge in [0.15, 0.2) is 5.82 Å². The molecule has 3 amide bonds. The number of piperidine rings is 3. The number of ether oxygens (including phenoxy) is 1. The predicted molar refractivity (Wildman–Crippen MR) is 215 cm³/mol. The smallest absolute Gasteiger partial charge is 0.249 e. The molecule has 5 fully saturated rings. The molecular weight excluding hydrogens is 747 g/mol. The predicted octanol–water partition coefficient (Wildman–Crippen LogP) is 4.68. The lowest BCUT2D eigenvalue weighted by molar-refractivity contribution is -0.141. The Morgan fingerprint density at radius 3 is 2.38 bits per heavy atom. The van der Waals surface area contributed by atoms with Crippen molar-refractivity contribution in [2.75, 3.05) is 74.6 Å². The lowest BCUT2D eigenvalue weighted by Crippen LogP contribution is -2.54. The Morgan fingerprint density at radius 1 is 0.897 bits per heavy atom. The molecule has 0 spiro atoms. The van der Waals surface area contributed by atoms with Gasteiger partial charge in [0.25, 0.3) is 0 Å². The molecule has 4 saturated heterocycles. The summed E-state index contributed by atoms with van der Waals surface area (Å²) in [6.45, 7) is 5.96. The zero-order chi connectivity index (χ0) is 40.2. The van der Waals surface area contributed by atoms with Crippen LogP contribution in [-0.2, 0) is 19.1 Å². The summed E-state index contributed by atoms with van der Waals surface area (Å²) < 4.78 is 35.7. The third-order valence-electron chi connectivity index (χ3n) is 12.8. The average molecular weight is 801 g/mol. The first kappa shape index (κ1) is 40.1. The van der Waals surface area contributed by atoms with Gasteiger partial charge in [-0.15, -0.1) is 0 Å². The number of benzene rings is 2. The lowest BCUT2D eigenvalue weighted by Gasteiger charge is -2.43. The number of halogens is 2. The standard InChI is InChI=1S/C43H54F2N8O5/c44-35-25-32(47-37-10-11-38(54)49-40(37)55)8-9-34(35)28-12-16-51(17-13-28)27-43(57)14-18-53(19-15-43)41(56)29-4-6-31(7-5-29)48-42-46-26-36(45)39(50-42)30-2-1-3-33(24-30)52-20-22-58-23-21-52/h1-3,8-9,24-26,28-29,31,37,47,57H,4-7,10-23,27H2,(H,46,48,50)(H,49,54,55)/t29-,31-,37?. The van der Waals surface area contributed by atoms with Crippen molar-refractivity contribution in [3.63, 3.8) is 0 Å². The zero-order valence-corrected chi connectivity index (χ0v) is 32.9. The lowest BCUT2D eigenvalue weighted by atomic mass is 9.83. The second-order valence-corrected chi connectivity index (χ2v) is 16.7. The Hall–Kier alpha value is -4.73. The van der Waals surface area contributed by atoms with Crippen LogP contribution in [0.25, 0.3) is 11.3 Å². The van der Waals surface area contributed by atoms with Crippen LogP contribution in [0.1, 0.15) is 75.7 Å². The van der Waals surface area contributed by atoms with Crippen LogP contribution in [0.2, 0.25) is 0 Å². The topological polar surface area (TPSA) is 152 Å². The fourth-order valence-electron chi connectivity index (χ4n) is 9.34. The molecule has 5 heterocycles. The van der Waals surface area contributed by atoms with Crippen molar-refractivity contribution >= 4 is 35.0 Å². The molecule has 1 unspecified atom stereocenters. The van der Waals surface area contributed by atoms with Crippen molar-refractivity contribution < 1.29 is 33.0 Å². The van der Waals surface area contributed by atoms with Gasteiger partial charge >= 0.3 is 0 Å². The van der Waals surface area contributed by atoms with Crippen molar-refractivity contribution in [2.45, 2.75) is 87.8 Å². The van der Waals surface area contributed by atoms with Gasteiger partial charge in [0.05, 0.1) is 25.0 Å². The highest BCUT2D eigenvalue weighted by molar-refractivity contribution is 6.01. The highest BCUT2D eigenvalue weighted by atomic mass is 19.1. The van der Waals surface area contributed by atoms with Crippen LogP contribution in [-0.4, -0.2) is 119 Å². The summed E-state index contributed by atoms with van der Waals surface area (Å²) in [4.78, 5) is 52.4. The summed E-state index contributed by atoms with van der Waals surface area (Å²) >= 11 is 0. The SMILES string of the molecule is O=C1CCC(Nc2ccc(C3CCN(CC4(O)CCN(C(=O)[C@H]5CC[C@H](Nc6ncc(F)c(-c7cccc(N8CCOCC8)c7)n6)CC5)CC4)CC3)c(F)c2)C(=O)N1. The van der Waals surface area contributed by atoms with Crippen LogP contribution < -0.4 is 20.9 Å². The Morgan fingerprint density at radius 2 is 1.66 bits per heavy atom. The maximum Gasteiger partial charge on any atom is 0.249 e. The fraction of sp³-hybridized carbons (Fsp3) is 0.558. The number of carbonyl (C=O) groups is 3. The maximum atomic E-state index is 15.3. The van der Waals surface area contributed by atoms with Crippen molar-refractivity contribution in [1.82, 2.24) is 25.1 Å². The molecule has 0 radical (unpaired) electrons. The number of hydrogen-bond donors (Lipinski definition) is 4. The van der Waals surface area contributed by atoms with E-state index in [1.165, 1.54) is 12.3 Å². The van der Waals surface area contributed by atoms with Crippen LogP contribution in [0.4, 0.5) is 26.1 Å². The maximum absolute atomic E-state index is 15.3. The van der Waals surface area contributed by atoms with E-state index in [0.717, 1.165) is 70.4 Å². The number of anilines is 3. The molecule has 1 saturated carbocycles. The number of carbonyl (C=O) groups excluding carboxylic acids is 3. The van der Waals surface area contributed by atoms with E-state index in [2.05, 4.69) is 35.7 Å². The van der Waals surface area contributed by atoms with Crippen molar-refractivity contribution in [2.24, 2.45) is 5.92 Å². The number of rotatable bonds is 10. The van der Waals surface area contributed by atoms with Crippen LogP contribution in [0.5, 0.6) is 0 Å². The van der Waals surface area contributed by atoms with E-state index in [1.807, 2.05) is 29.2 Å². The first-order valence-electron chi connectivity index (χ1n) is 20.9. The van der Waals surface area contributed by atoms with Gasteiger partial charge in [-0.2, -0.15) is 0 Å². The van der Waals surface area contributed by atoms with E-state index in [4.69, 9.17) is 4.74 Å². The number of nitrogens with zero attached hydrogens (tertiary/aromatic N) is 5. The average Bonchev–Trinajstić information content (AvgIpc) is 3.24. The van der Waals surface area contributed by atoms with Gasteiger partial charge in [0.2, 0.25) is 23.7 Å². The normalized spacial score (nSPS) is 24.6. The fourth-order valence-corrected chi connectivity index (χ4v) is 9.34. The first-order chi connectivity index (χ1) is 28.1. The number of aromatic nitrogens is 2. The van der Waals surface area contributed by atoms with Crippen molar-refractivity contribution in [3.05, 3.63) is 65.9 Å². The summed E-state index contributed by atoms with van der Waals surface area (Å²) in [5.74, 6) is -0.947. The van der Waals surface area contributed by atoms with E-state index in [9.17, 15) is 23.9 Å². The molecular formula is C43H54F2N8O5. The molecule has 0 bridgehead atoms. The van der Waals surface area contributed by atoms with E-state index >= 15 is 4.39 Å². The monoisotopic (exact) mass is 800 g/mol. The number of morpholine rings is 1. The minimum absolute atomic E-state index is 0.0598. The molecule has 58 heavy (non-hydrogen) atoms. The highest BCUT2D eigenvalue weighted by Crippen LogP contribution is 2.35. The molecule has 1 aliphatic carbocycles. The van der Waals surface area contributed by atoms with Gasteiger partial charge in [-0.05, 0) is 107 Å². The van der Waals surface area contributed by atoms with Gasteiger partial charge in [-0.3, -0.25) is 19.7 Å². The molecule has 8 rings (SSSR count). The number of likely N-dealkylation sites (tertiary alicyclic amines) is 2. The minimum Gasteiger partial charge on any atom is -0.388 e. The van der Waals surface area contributed by atoms with E-state index < -0.39 is 23.4 Å². The molecule has 15 heteroatoms. The molecule has 13 nitrogen and oxygen atoms in total. The van der Waals surface area contributed by atoms with Crippen LogP contribution in [0.15, 0.2) is 48.7 Å². The van der Waals surface area contributed by atoms with Crippen LogP contribution >= 0.6 is 0 Å². The molecule has 310 valence electrons. The Bertz CT molecular complexity index is 1960. The second-order valence-electron chi connectivity index (χ2n) is 16.7. The third kappa shape index (κ3) is 9.42. The van der Waals surface area contributed by atoms with Gasteiger partial charge in [-0.1, -0.05) is 18.2 Å². The number of aliphatic hydroxyl groups is 1. The van der Waals surface area contributed by atoms with Crippen molar-refractivity contribution in [3.8, 4) is 11.3 Å². The molecule has 5 aliphatic rings. The van der Waals surface area contributed by atoms with Crippen LogP contribution in [0, 0.1) is 17.6 Å². The summed E-state index contributed by atoms with van der Waals surface area (Å²) in [6, 6.07) is 12.3. The molecule has 1 atom stereocenters. The van der Waals surface area contributed by atoms with E-state index in [1.54, 1.807) is 12.1 Å².